The van der Waals surface area contributed by atoms with Gasteiger partial charge in [0.1, 0.15) is 0 Å². The Kier molecular flexibility index (Phi) is 8.91. The Balaban J connectivity index is 0.929. The van der Waals surface area contributed by atoms with Gasteiger partial charge in [0.2, 0.25) is 0 Å². The van der Waals surface area contributed by atoms with Crippen LogP contribution in [0.1, 0.15) is 25.0 Å². The highest BCUT2D eigenvalue weighted by molar-refractivity contribution is 6.32. The molecule has 316 valence electrons. The van der Waals surface area contributed by atoms with Gasteiger partial charge in [-0.2, -0.15) is 0 Å². The zero-order valence-corrected chi connectivity index (χ0v) is 37.5. The van der Waals surface area contributed by atoms with Crippen molar-refractivity contribution < 1.29 is 0 Å². The number of anilines is 3. The Morgan fingerprint density at radius 1 is 0.328 bits per heavy atom. The van der Waals surface area contributed by atoms with Crippen molar-refractivity contribution in [3.8, 4) is 50.2 Å². The summed E-state index contributed by atoms with van der Waals surface area (Å²) in [6, 6.07) is 89.3. The normalized spacial score (nSPS) is 12.7. The summed E-state index contributed by atoms with van der Waals surface area (Å²) in [5.74, 6) is 0. The minimum absolute atomic E-state index is 0.118. The van der Waals surface area contributed by atoms with Gasteiger partial charge < -0.3 is 9.47 Å². The van der Waals surface area contributed by atoms with Crippen LogP contribution in [0.5, 0.6) is 0 Å². The first-order valence-corrected chi connectivity index (χ1v) is 23.3. The first-order valence-electron chi connectivity index (χ1n) is 23.3. The molecule has 0 saturated carbocycles. The van der Waals surface area contributed by atoms with Crippen LogP contribution in [0.15, 0.2) is 243 Å². The van der Waals surface area contributed by atoms with E-state index in [0.29, 0.717) is 0 Å². The smallest absolute Gasteiger partial charge is 0.0625 e. The van der Waals surface area contributed by atoms with E-state index in [9.17, 15) is 0 Å². The molecular formula is C65H46N2. The topological polar surface area (TPSA) is 8.17 Å². The number of hydrogen-bond acceptors (Lipinski definition) is 1. The third-order valence-corrected chi connectivity index (χ3v) is 14.4. The van der Waals surface area contributed by atoms with Crippen molar-refractivity contribution in [1.82, 2.24) is 4.57 Å². The average Bonchev–Trinajstić information content (AvgIpc) is 3.86. The van der Waals surface area contributed by atoms with Crippen LogP contribution in [0.25, 0.3) is 93.5 Å². The summed E-state index contributed by atoms with van der Waals surface area (Å²) >= 11 is 0. The molecule has 0 unspecified atom stereocenters. The minimum atomic E-state index is -0.118. The summed E-state index contributed by atoms with van der Waals surface area (Å²) in [5.41, 5.74) is 19.4. The van der Waals surface area contributed by atoms with Crippen LogP contribution < -0.4 is 4.90 Å². The number of fused-ring (bicyclic) bond motifs is 11. The van der Waals surface area contributed by atoms with Crippen LogP contribution in [-0.4, -0.2) is 4.57 Å². The standard InChI is InChI=1S/C65H46N2/c1-65(2)60-24-14-13-21-55(60)56-39-38-52(42-61(56)65)66(50-34-29-46(30-35-50)45-27-25-44(26-28-45)43-15-5-3-6-16-43)51-36-31-47(32-37-51)48-33-40-62-59(41-48)63-57-22-11-9-19-53(57)54-20-10-12-23-58(54)64(63)67(62)49-17-7-4-8-18-49/h3-42H,1-2H3. The molecule has 1 aliphatic rings. The lowest BCUT2D eigenvalue weighted by Crippen LogP contribution is -2.16. The molecule has 0 atom stereocenters. The second-order valence-electron chi connectivity index (χ2n) is 18.5. The summed E-state index contributed by atoms with van der Waals surface area (Å²) in [6.07, 6.45) is 0. The SMILES string of the molecule is CC1(C)c2ccccc2-c2ccc(N(c3ccc(-c4ccc(-c5ccccc5)cc4)cc3)c3ccc(-c4ccc5c(c4)c4c6ccccc6c6ccccc6c4n5-c4ccccc4)cc3)cc21. The second kappa shape index (κ2) is 15.3. The van der Waals surface area contributed by atoms with Crippen molar-refractivity contribution >= 4 is 60.4 Å². The summed E-state index contributed by atoms with van der Waals surface area (Å²) in [4.78, 5) is 2.42. The van der Waals surface area contributed by atoms with Crippen molar-refractivity contribution in [1.29, 1.82) is 0 Å². The Labute approximate surface area is 391 Å². The lowest BCUT2D eigenvalue weighted by Gasteiger charge is -2.28. The van der Waals surface area contributed by atoms with E-state index >= 15 is 0 Å². The molecular weight excluding hydrogens is 809 g/mol. The van der Waals surface area contributed by atoms with E-state index < -0.39 is 0 Å². The quantitative estimate of drug-likeness (QED) is 0.145. The molecule has 67 heavy (non-hydrogen) atoms. The van der Waals surface area contributed by atoms with Crippen LogP contribution >= 0.6 is 0 Å². The molecule has 11 aromatic carbocycles. The maximum Gasteiger partial charge on any atom is 0.0625 e. The fraction of sp³-hybridized carbons (Fsp3) is 0.0462. The molecule has 0 fully saturated rings. The van der Waals surface area contributed by atoms with Gasteiger partial charge in [0.05, 0.1) is 11.0 Å². The highest BCUT2D eigenvalue weighted by atomic mass is 15.1. The summed E-state index contributed by atoms with van der Waals surface area (Å²) in [7, 11) is 0. The van der Waals surface area contributed by atoms with Crippen molar-refractivity contribution in [3.63, 3.8) is 0 Å². The van der Waals surface area contributed by atoms with Gasteiger partial charge in [0.25, 0.3) is 0 Å². The zero-order valence-electron chi connectivity index (χ0n) is 37.5. The van der Waals surface area contributed by atoms with Crippen LogP contribution in [0.3, 0.4) is 0 Å². The Morgan fingerprint density at radius 3 is 1.45 bits per heavy atom. The number of hydrogen-bond donors (Lipinski definition) is 0. The average molecular weight is 855 g/mol. The molecule has 0 spiro atoms. The summed E-state index contributed by atoms with van der Waals surface area (Å²) in [5, 5.41) is 7.62. The lowest BCUT2D eigenvalue weighted by molar-refractivity contribution is 0.660. The number of nitrogens with zero attached hydrogens (tertiary/aromatic N) is 2. The Morgan fingerprint density at radius 2 is 0.791 bits per heavy atom. The molecule has 0 aliphatic heterocycles. The summed E-state index contributed by atoms with van der Waals surface area (Å²) < 4.78 is 2.46. The Hall–Kier alpha value is -8.46. The summed E-state index contributed by atoms with van der Waals surface area (Å²) in [6.45, 7) is 4.72. The third-order valence-electron chi connectivity index (χ3n) is 14.4. The van der Waals surface area contributed by atoms with Gasteiger partial charge in [0.15, 0.2) is 0 Å². The molecule has 1 heterocycles. The van der Waals surface area contributed by atoms with Gasteiger partial charge >= 0.3 is 0 Å². The molecule has 12 aromatic rings. The molecule has 2 nitrogen and oxygen atoms in total. The van der Waals surface area contributed by atoms with E-state index in [-0.39, 0.29) is 5.41 Å². The predicted octanol–water partition coefficient (Wildman–Crippen LogP) is 17.9. The molecule has 0 bridgehead atoms. The van der Waals surface area contributed by atoms with E-state index in [1.54, 1.807) is 0 Å². The first-order chi connectivity index (χ1) is 33.0. The van der Waals surface area contributed by atoms with Crippen molar-refractivity contribution in [2.75, 3.05) is 4.90 Å². The van der Waals surface area contributed by atoms with Gasteiger partial charge in [-0.25, -0.2) is 0 Å². The van der Waals surface area contributed by atoms with E-state index in [2.05, 4.69) is 266 Å². The lowest BCUT2D eigenvalue weighted by atomic mass is 9.82. The van der Waals surface area contributed by atoms with Gasteiger partial charge in [-0.1, -0.05) is 196 Å². The molecule has 0 amide bonds. The van der Waals surface area contributed by atoms with E-state index in [0.717, 1.165) is 22.7 Å². The molecule has 0 N–H and O–H groups in total. The maximum atomic E-state index is 2.46. The van der Waals surface area contributed by atoms with Crippen LogP contribution in [-0.2, 0) is 5.41 Å². The van der Waals surface area contributed by atoms with E-state index in [4.69, 9.17) is 0 Å². The second-order valence-corrected chi connectivity index (χ2v) is 18.5. The molecule has 1 aliphatic carbocycles. The molecule has 13 rings (SSSR count). The molecule has 1 aromatic heterocycles. The predicted molar refractivity (Wildman–Crippen MR) is 284 cm³/mol. The molecule has 0 saturated heterocycles. The number of benzene rings is 11. The fourth-order valence-electron chi connectivity index (χ4n) is 11.1. The van der Waals surface area contributed by atoms with Crippen LogP contribution in [0.2, 0.25) is 0 Å². The molecule has 0 radical (unpaired) electrons. The fourth-order valence-corrected chi connectivity index (χ4v) is 11.1. The number of rotatable bonds is 7. The van der Waals surface area contributed by atoms with Crippen molar-refractivity contribution in [2.45, 2.75) is 19.3 Å². The third kappa shape index (κ3) is 6.25. The zero-order chi connectivity index (χ0) is 44.6. The first kappa shape index (κ1) is 39.0. The Bertz CT molecular complexity index is 3840. The monoisotopic (exact) mass is 854 g/mol. The van der Waals surface area contributed by atoms with Gasteiger partial charge in [-0.3, -0.25) is 0 Å². The van der Waals surface area contributed by atoms with Gasteiger partial charge in [0, 0.05) is 44.3 Å². The highest BCUT2D eigenvalue weighted by Crippen LogP contribution is 2.51. The number of para-hydroxylation sites is 1. The largest absolute Gasteiger partial charge is 0.310 e. The van der Waals surface area contributed by atoms with Crippen molar-refractivity contribution in [3.05, 3.63) is 254 Å². The maximum absolute atomic E-state index is 2.46. The van der Waals surface area contributed by atoms with Gasteiger partial charge in [-0.05, 0) is 132 Å². The number of aromatic nitrogens is 1. The minimum Gasteiger partial charge on any atom is -0.310 e. The van der Waals surface area contributed by atoms with Crippen molar-refractivity contribution in [2.24, 2.45) is 0 Å². The molecule has 2 heteroatoms. The highest BCUT2D eigenvalue weighted by Gasteiger charge is 2.35. The van der Waals surface area contributed by atoms with E-state index in [1.807, 2.05) is 0 Å². The van der Waals surface area contributed by atoms with Crippen LogP contribution in [0, 0.1) is 0 Å². The van der Waals surface area contributed by atoms with E-state index in [1.165, 1.54) is 99.0 Å². The van der Waals surface area contributed by atoms with Gasteiger partial charge in [-0.15, -0.1) is 0 Å². The van der Waals surface area contributed by atoms with Crippen LogP contribution in [0.4, 0.5) is 17.1 Å².